The minimum Gasteiger partial charge on any atom is -0.444 e. The van der Waals surface area contributed by atoms with E-state index >= 15 is 0 Å². The average Bonchev–Trinajstić information content (AvgIpc) is 2.89. The van der Waals surface area contributed by atoms with Gasteiger partial charge in [-0.3, -0.25) is 4.79 Å². The van der Waals surface area contributed by atoms with E-state index in [4.69, 9.17) is 10.5 Å². The molecule has 0 unspecified atom stereocenters. The number of alkyl carbamates (subject to hydrolysis) is 1. The molecule has 2 rings (SSSR count). The van der Waals surface area contributed by atoms with E-state index in [-0.39, 0.29) is 5.91 Å². The smallest absolute Gasteiger partial charge is 0.407 e. The zero-order valence-corrected chi connectivity index (χ0v) is 22.3. The third-order valence-electron chi connectivity index (χ3n) is 4.77. The molecule has 1 aromatic carbocycles. The Morgan fingerprint density at radius 2 is 1.91 bits per heavy atom. The van der Waals surface area contributed by atoms with E-state index < -0.39 is 11.7 Å². The van der Waals surface area contributed by atoms with Crippen molar-refractivity contribution in [3.05, 3.63) is 33.3 Å². The number of benzene rings is 1. The van der Waals surface area contributed by atoms with E-state index in [1.165, 1.54) is 0 Å². The van der Waals surface area contributed by atoms with Crippen molar-refractivity contribution in [1.82, 2.24) is 10.2 Å². The molecular weight excluding hydrogens is 496 g/mol. The molecule has 0 saturated carbocycles. The summed E-state index contributed by atoms with van der Waals surface area (Å²) < 4.78 is 6.05. The number of fused-ring (bicyclic) bond motifs is 1. The first-order chi connectivity index (χ1) is 16.0. The number of aliphatic imine (C=N–C) groups is 1. The molecule has 1 aromatic rings. The predicted molar refractivity (Wildman–Crippen MR) is 141 cm³/mol. The minimum atomic E-state index is -0.544. The molecule has 0 bridgehead atoms. The van der Waals surface area contributed by atoms with Crippen molar-refractivity contribution in [1.29, 1.82) is 0 Å². The number of rotatable bonds is 7. The number of carbonyl (C=O) groups excluding carboxylic acids is 2. The maximum atomic E-state index is 13.3. The van der Waals surface area contributed by atoms with Crippen LogP contribution in [0.1, 0.15) is 71.4 Å². The fourth-order valence-electron chi connectivity index (χ4n) is 3.46. The van der Waals surface area contributed by atoms with Crippen LogP contribution in [0.3, 0.4) is 0 Å². The quantitative estimate of drug-likeness (QED) is 0.376. The van der Waals surface area contributed by atoms with Crippen molar-refractivity contribution in [3.63, 3.8) is 0 Å². The largest absolute Gasteiger partial charge is 0.444 e. The van der Waals surface area contributed by atoms with Crippen LogP contribution in [0.5, 0.6) is 0 Å². The molecule has 0 atom stereocenters. The lowest BCUT2D eigenvalue weighted by Crippen LogP contribution is -2.34. The van der Waals surface area contributed by atoms with Crippen molar-refractivity contribution in [2.24, 2.45) is 10.7 Å². The molecular formula is C26H35BrN4O3. The first-order valence-electron chi connectivity index (χ1n) is 11.7. The predicted octanol–water partition coefficient (Wildman–Crippen LogP) is 5.14. The van der Waals surface area contributed by atoms with Crippen molar-refractivity contribution < 1.29 is 14.3 Å². The van der Waals surface area contributed by atoms with Gasteiger partial charge in [-0.15, -0.1) is 0 Å². The van der Waals surface area contributed by atoms with Gasteiger partial charge in [-0.05, 0) is 51.8 Å². The molecule has 0 spiro atoms. The number of nitrogens with two attached hydrogens (primary N) is 1. The van der Waals surface area contributed by atoms with E-state index in [0.717, 1.165) is 28.4 Å². The Morgan fingerprint density at radius 3 is 2.53 bits per heavy atom. The van der Waals surface area contributed by atoms with Crippen molar-refractivity contribution in [2.75, 3.05) is 19.6 Å². The Bertz CT molecular complexity index is 1020. The summed E-state index contributed by atoms with van der Waals surface area (Å²) in [4.78, 5) is 31.5. The molecule has 0 saturated heterocycles. The fraction of sp³-hybridized carbons (Fsp3) is 0.500. The first kappa shape index (κ1) is 27.5. The standard InChI is InChI=1S/C26H35BrN4O3/c1-6-12-31(13-7-2)24(32)19-15-21-18(14-20(27)17-22(21)30-23(28)16-19)10-8-9-11-29-25(33)34-26(3,4)5/h14-15,17H,6-7,9,11-13,16H2,1-5H3,(H2,28,30)(H,29,33). The highest BCUT2D eigenvalue weighted by Crippen LogP contribution is 2.33. The third-order valence-corrected chi connectivity index (χ3v) is 5.23. The summed E-state index contributed by atoms with van der Waals surface area (Å²) in [6, 6.07) is 3.77. The van der Waals surface area contributed by atoms with Crippen LogP contribution >= 0.6 is 15.9 Å². The molecule has 2 amide bonds. The summed E-state index contributed by atoms with van der Waals surface area (Å²) in [5.41, 5.74) is 8.42. The summed E-state index contributed by atoms with van der Waals surface area (Å²) >= 11 is 3.52. The normalized spacial score (nSPS) is 12.9. The number of hydrogen-bond acceptors (Lipinski definition) is 5. The molecule has 1 aliphatic heterocycles. The maximum Gasteiger partial charge on any atom is 0.407 e. The summed E-state index contributed by atoms with van der Waals surface area (Å²) in [7, 11) is 0. The van der Waals surface area contributed by atoms with Gasteiger partial charge in [0.15, 0.2) is 0 Å². The van der Waals surface area contributed by atoms with E-state index in [1.807, 2.05) is 43.9 Å². The molecule has 7 nitrogen and oxygen atoms in total. The zero-order valence-electron chi connectivity index (χ0n) is 20.8. The molecule has 34 heavy (non-hydrogen) atoms. The monoisotopic (exact) mass is 530 g/mol. The summed E-state index contributed by atoms with van der Waals surface area (Å²) in [5.74, 6) is 6.63. The second-order valence-corrected chi connectivity index (χ2v) is 10.0. The summed E-state index contributed by atoms with van der Waals surface area (Å²) in [6.45, 7) is 11.3. The average molecular weight is 531 g/mol. The van der Waals surface area contributed by atoms with Gasteiger partial charge >= 0.3 is 6.09 Å². The fourth-order valence-corrected chi connectivity index (χ4v) is 3.91. The number of halogens is 1. The van der Waals surface area contributed by atoms with Gasteiger partial charge in [0.05, 0.1) is 5.69 Å². The number of amidine groups is 1. The maximum absolute atomic E-state index is 13.3. The molecule has 1 heterocycles. The summed E-state index contributed by atoms with van der Waals surface area (Å²) in [5, 5.41) is 2.70. The Hall–Kier alpha value is -2.79. The lowest BCUT2D eigenvalue weighted by Gasteiger charge is -2.22. The lowest BCUT2D eigenvalue weighted by molar-refractivity contribution is -0.127. The van der Waals surface area contributed by atoms with E-state index in [0.29, 0.717) is 49.6 Å². The Labute approximate surface area is 211 Å². The number of nitrogens with zero attached hydrogens (tertiary/aromatic N) is 2. The van der Waals surface area contributed by atoms with E-state index in [9.17, 15) is 9.59 Å². The molecule has 184 valence electrons. The number of nitrogens with one attached hydrogen (secondary N) is 1. The van der Waals surface area contributed by atoms with Crippen LogP contribution in [-0.2, 0) is 9.53 Å². The SMILES string of the molecule is CCCN(CCC)C(=O)C1=Cc2c(C#CCCNC(=O)OC(C)(C)C)cc(Br)cc2N=C(N)C1. The van der Waals surface area contributed by atoms with Gasteiger partial charge in [0, 0.05) is 53.6 Å². The van der Waals surface area contributed by atoms with Gasteiger partial charge < -0.3 is 20.7 Å². The van der Waals surface area contributed by atoms with Gasteiger partial charge in [-0.25, -0.2) is 9.79 Å². The number of amides is 2. The second-order valence-electron chi connectivity index (χ2n) is 9.11. The van der Waals surface area contributed by atoms with Crippen LogP contribution in [0.2, 0.25) is 0 Å². The minimum absolute atomic E-state index is 0.0157. The Balaban J connectivity index is 2.29. The van der Waals surface area contributed by atoms with Crippen molar-refractivity contribution in [3.8, 4) is 11.8 Å². The van der Waals surface area contributed by atoms with Crippen molar-refractivity contribution in [2.45, 2.75) is 65.9 Å². The number of ether oxygens (including phenoxy) is 1. The molecule has 8 heteroatoms. The van der Waals surface area contributed by atoms with Crippen LogP contribution < -0.4 is 11.1 Å². The van der Waals surface area contributed by atoms with Crippen LogP contribution in [0.4, 0.5) is 10.5 Å². The van der Waals surface area contributed by atoms with Gasteiger partial charge in [-0.1, -0.05) is 41.6 Å². The highest BCUT2D eigenvalue weighted by molar-refractivity contribution is 9.10. The van der Waals surface area contributed by atoms with Gasteiger partial charge in [0.2, 0.25) is 5.91 Å². The number of hydrogen-bond donors (Lipinski definition) is 2. The highest BCUT2D eigenvalue weighted by Gasteiger charge is 2.22. The molecule has 0 fully saturated rings. The highest BCUT2D eigenvalue weighted by atomic mass is 79.9. The van der Waals surface area contributed by atoms with Gasteiger partial charge in [0.25, 0.3) is 0 Å². The Morgan fingerprint density at radius 1 is 1.24 bits per heavy atom. The molecule has 0 radical (unpaired) electrons. The van der Waals surface area contributed by atoms with Crippen LogP contribution in [0.25, 0.3) is 6.08 Å². The topological polar surface area (TPSA) is 97.0 Å². The zero-order chi connectivity index (χ0) is 25.3. The lowest BCUT2D eigenvalue weighted by atomic mass is 10.0. The van der Waals surface area contributed by atoms with Gasteiger partial charge in [-0.2, -0.15) is 0 Å². The number of carbonyl (C=O) groups is 2. The molecule has 0 aliphatic carbocycles. The van der Waals surface area contributed by atoms with Gasteiger partial charge in [0.1, 0.15) is 11.4 Å². The second kappa shape index (κ2) is 12.6. The third kappa shape index (κ3) is 8.53. The molecule has 0 aromatic heterocycles. The van der Waals surface area contributed by atoms with E-state index in [1.54, 1.807) is 0 Å². The van der Waals surface area contributed by atoms with Crippen LogP contribution in [-0.4, -0.2) is 48.0 Å². The summed E-state index contributed by atoms with van der Waals surface area (Å²) in [6.07, 6.45) is 3.92. The van der Waals surface area contributed by atoms with E-state index in [2.05, 4.69) is 51.9 Å². The van der Waals surface area contributed by atoms with Crippen LogP contribution in [0.15, 0.2) is 27.2 Å². The van der Waals surface area contributed by atoms with Crippen molar-refractivity contribution >= 4 is 45.5 Å². The molecule has 1 aliphatic rings. The van der Waals surface area contributed by atoms with Crippen LogP contribution in [0, 0.1) is 11.8 Å². The Kier molecular flexibility index (Phi) is 10.2. The molecule has 3 N–H and O–H groups in total. The first-order valence-corrected chi connectivity index (χ1v) is 12.5.